The van der Waals surface area contributed by atoms with Gasteiger partial charge in [-0.2, -0.15) is 0 Å². The number of aromatic hydroxyl groups is 1. The maximum Gasteiger partial charge on any atom is 0.315 e. The van der Waals surface area contributed by atoms with Crippen molar-refractivity contribution in [3.8, 4) is 11.5 Å². The third-order valence-electron chi connectivity index (χ3n) is 11.0. The molecule has 0 spiro atoms. The molecule has 0 heterocycles. The highest BCUT2D eigenvalue weighted by Crippen LogP contribution is 2.64. The van der Waals surface area contributed by atoms with Gasteiger partial charge >= 0.3 is 5.97 Å². The van der Waals surface area contributed by atoms with E-state index in [2.05, 4.69) is 0 Å². The van der Waals surface area contributed by atoms with E-state index >= 15 is 0 Å². The smallest absolute Gasteiger partial charge is 0.315 e. The maximum atomic E-state index is 14.6. The molecule has 6 atom stereocenters. The summed E-state index contributed by atoms with van der Waals surface area (Å²) in [6.45, 7) is 13.7. The number of benzene rings is 2. The van der Waals surface area contributed by atoms with Crippen molar-refractivity contribution >= 4 is 34.9 Å². The molecule has 2 saturated carbocycles. The number of carbonyl (C=O) groups excluding carboxylic acids is 6. The van der Waals surface area contributed by atoms with Gasteiger partial charge in [0, 0.05) is 16.9 Å². The third kappa shape index (κ3) is 5.00. The van der Waals surface area contributed by atoms with E-state index in [1.165, 1.54) is 0 Å². The van der Waals surface area contributed by atoms with Gasteiger partial charge in [-0.3, -0.25) is 28.8 Å². The van der Waals surface area contributed by atoms with Crippen LogP contribution in [0, 0.1) is 34.5 Å². The lowest BCUT2D eigenvalue weighted by atomic mass is 9.39. The van der Waals surface area contributed by atoms with Gasteiger partial charge < -0.3 is 14.9 Å². The van der Waals surface area contributed by atoms with Crippen molar-refractivity contribution in [3.63, 3.8) is 0 Å². The fourth-order valence-corrected chi connectivity index (χ4v) is 9.06. The maximum absolute atomic E-state index is 14.6. The summed E-state index contributed by atoms with van der Waals surface area (Å²) < 4.78 is 5.51. The summed E-state index contributed by atoms with van der Waals surface area (Å²) in [6.07, 6.45) is 0.599. The van der Waals surface area contributed by atoms with Crippen LogP contribution in [0.5, 0.6) is 11.5 Å². The summed E-state index contributed by atoms with van der Waals surface area (Å²) in [5.41, 5.74) is -3.11. The number of aliphatic hydroxyl groups is 1. The topological polar surface area (TPSA) is 152 Å². The second-order valence-corrected chi connectivity index (χ2v) is 15.0. The molecule has 2 fully saturated rings. The van der Waals surface area contributed by atoms with Gasteiger partial charge in [0.05, 0.1) is 17.9 Å². The van der Waals surface area contributed by atoms with Gasteiger partial charge in [0.25, 0.3) is 0 Å². The van der Waals surface area contributed by atoms with Crippen molar-refractivity contribution in [2.75, 3.05) is 0 Å². The molecule has 3 aliphatic rings. The molecule has 250 valence electrons. The van der Waals surface area contributed by atoms with Crippen molar-refractivity contribution in [2.24, 2.45) is 34.5 Å². The summed E-state index contributed by atoms with van der Waals surface area (Å²) in [5, 5.41) is 23.8. The fraction of sp³-hybridized carbons (Fsp3) is 0.526. The van der Waals surface area contributed by atoms with E-state index in [1.54, 1.807) is 45.9 Å². The zero-order chi connectivity index (χ0) is 35.0. The Balaban J connectivity index is 1.62. The predicted molar refractivity (Wildman–Crippen MR) is 172 cm³/mol. The van der Waals surface area contributed by atoms with Crippen molar-refractivity contribution in [1.82, 2.24) is 0 Å². The zero-order valence-electron chi connectivity index (χ0n) is 28.4. The van der Waals surface area contributed by atoms with Crippen LogP contribution in [-0.4, -0.2) is 50.7 Å². The van der Waals surface area contributed by atoms with Crippen LogP contribution in [0.1, 0.15) is 100 Å². The van der Waals surface area contributed by atoms with Crippen molar-refractivity contribution in [3.05, 3.63) is 58.1 Å². The minimum Gasteiger partial charge on any atom is -0.507 e. The lowest BCUT2D eigenvalue weighted by Gasteiger charge is -2.62. The second-order valence-electron chi connectivity index (χ2n) is 15.0. The minimum atomic E-state index is -2.77. The molecule has 0 amide bonds. The van der Waals surface area contributed by atoms with E-state index in [0.717, 1.165) is 18.9 Å². The van der Waals surface area contributed by atoms with Crippen LogP contribution in [0.25, 0.3) is 0 Å². The van der Waals surface area contributed by atoms with E-state index in [-0.39, 0.29) is 36.3 Å². The standard InChI is InChI=1S/C38H44O9/c1-9-21-10-12-23(13-11-21)47-26(40)15-22-14-24(18(2)3)25-16-36(7)17-37(8)29(19(4)5)32(42)27(20(6)39)34(44)38(37,46)35(45)30(36)33(43)28(25)31(22)41/h10-14,18-19,27,29-30,41,46H,9,15-17H2,1-8H3/t27?,29?,30?,36-,37-,38+/m1/s1. The molecule has 0 radical (unpaired) electrons. The molecule has 3 unspecified atom stereocenters. The Bertz CT molecular complexity index is 1720. The molecule has 2 aromatic carbocycles. The van der Waals surface area contributed by atoms with E-state index in [1.807, 2.05) is 32.9 Å². The normalized spacial score (nSPS) is 30.2. The molecule has 47 heavy (non-hydrogen) atoms. The summed E-state index contributed by atoms with van der Waals surface area (Å²) in [6, 6.07) is 8.76. The van der Waals surface area contributed by atoms with Crippen LogP contribution >= 0.6 is 0 Å². The van der Waals surface area contributed by atoms with Gasteiger partial charge in [-0.05, 0) is 72.3 Å². The van der Waals surface area contributed by atoms with Gasteiger partial charge in [0.15, 0.2) is 28.7 Å². The first-order valence-corrected chi connectivity index (χ1v) is 16.4. The Labute approximate surface area is 275 Å². The quantitative estimate of drug-likeness (QED) is 0.243. The molecular weight excluding hydrogens is 600 g/mol. The highest BCUT2D eigenvalue weighted by molar-refractivity contribution is 6.32. The number of hydrogen-bond donors (Lipinski definition) is 2. The minimum absolute atomic E-state index is 0.0216. The molecule has 0 bridgehead atoms. The Kier molecular flexibility index (Phi) is 8.49. The summed E-state index contributed by atoms with van der Waals surface area (Å²) in [4.78, 5) is 82.3. The number of ketones is 5. The first-order valence-electron chi connectivity index (χ1n) is 16.4. The fourth-order valence-electron chi connectivity index (χ4n) is 9.06. The summed E-state index contributed by atoms with van der Waals surface area (Å²) in [7, 11) is 0. The van der Waals surface area contributed by atoms with Crippen LogP contribution in [-0.2, 0) is 43.2 Å². The number of hydrogen-bond acceptors (Lipinski definition) is 9. The molecule has 0 aliphatic heterocycles. The first-order chi connectivity index (χ1) is 21.8. The van der Waals surface area contributed by atoms with Gasteiger partial charge in [0.2, 0.25) is 0 Å². The lowest BCUT2D eigenvalue weighted by Crippen LogP contribution is -2.76. The number of aryl methyl sites for hydroxylation is 1. The van der Waals surface area contributed by atoms with Gasteiger partial charge in [-0.1, -0.05) is 66.7 Å². The second kappa shape index (κ2) is 11.6. The highest BCUT2D eigenvalue weighted by Gasteiger charge is 2.76. The average Bonchev–Trinajstić information content (AvgIpc) is 2.96. The molecule has 9 nitrogen and oxygen atoms in total. The van der Waals surface area contributed by atoms with Gasteiger partial charge in [-0.15, -0.1) is 0 Å². The molecule has 2 N–H and O–H groups in total. The number of fused-ring (bicyclic) bond motifs is 3. The lowest BCUT2D eigenvalue weighted by molar-refractivity contribution is -0.205. The monoisotopic (exact) mass is 644 g/mol. The van der Waals surface area contributed by atoms with Crippen molar-refractivity contribution in [1.29, 1.82) is 0 Å². The van der Waals surface area contributed by atoms with Crippen molar-refractivity contribution < 1.29 is 43.7 Å². The average molecular weight is 645 g/mol. The third-order valence-corrected chi connectivity index (χ3v) is 11.0. The predicted octanol–water partition coefficient (Wildman–Crippen LogP) is 4.93. The summed E-state index contributed by atoms with van der Waals surface area (Å²) in [5.74, 6) is -10.0. The number of rotatable bonds is 7. The first kappa shape index (κ1) is 34.4. The Morgan fingerprint density at radius 3 is 2.15 bits per heavy atom. The largest absolute Gasteiger partial charge is 0.507 e. The number of phenols is 1. The van der Waals surface area contributed by atoms with Crippen molar-refractivity contribution in [2.45, 2.75) is 92.6 Å². The Morgan fingerprint density at radius 1 is 1.00 bits per heavy atom. The zero-order valence-corrected chi connectivity index (χ0v) is 28.4. The number of carbonyl (C=O) groups is 6. The molecule has 5 rings (SSSR count). The number of ether oxygens (including phenoxy) is 1. The molecular formula is C38H44O9. The number of phenolic OH excluding ortho intramolecular Hbond substituents is 1. The van der Waals surface area contributed by atoms with Crippen LogP contribution in [0.3, 0.4) is 0 Å². The van der Waals surface area contributed by atoms with E-state index in [0.29, 0.717) is 16.9 Å². The summed E-state index contributed by atoms with van der Waals surface area (Å²) >= 11 is 0. The number of esters is 1. The van der Waals surface area contributed by atoms with Gasteiger partial charge in [-0.25, -0.2) is 0 Å². The van der Waals surface area contributed by atoms with Crippen LogP contribution in [0.15, 0.2) is 30.3 Å². The molecule has 9 heteroatoms. The van der Waals surface area contributed by atoms with E-state index in [4.69, 9.17) is 4.74 Å². The SMILES string of the molecule is CCc1ccc(OC(=O)Cc2cc(C(C)C)c3c(c2O)C(=O)C2C(=O)[C@@]4(O)C(=O)C(C(C)=O)C(=O)C(C(C)C)[C@@]4(C)C[C@@]2(C)C3)cc1. The van der Waals surface area contributed by atoms with Crippen LogP contribution in [0.4, 0.5) is 0 Å². The molecule has 0 aromatic heterocycles. The molecule has 3 aliphatic carbocycles. The van der Waals surface area contributed by atoms with E-state index in [9.17, 15) is 39.0 Å². The molecule has 2 aromatic rings. The highest BCUT2D eigenvalue weighted by atomic mass is 16.5. The van der Waals surface area contributed by atoms with Crippen LogP contribution in [0.2, 0.25) is 0 Å². The Morgan fingerprint density at radius 2 is 1.62 bits per heavy atom. The van der Waals surface area contributed by atoms with E-state index < -0.39 is 80.7 Å². The Hall–Kier alpha value is -3.98. The molecule has 0 saturated heterocycles. The van der Waals surface area contributed by atoms with Crippen LogP contribution < -0.4 is 4.74 Å². The number of Topliss-reactive ketones (excluding diaryl/α,β-unsaturated/α-hetero) is 5. The van der Waals surface area contributed by atoms with Gasteiger partial charge in [0.1, 0.15) is 23.2 Å².